The highest BCUT2D eigenvalue weighted by atomic mass is 35.5. The Hall–Kier alpha value is -2.32. The lowest BCUT2D eigenvalue weighted by Gasteiger charge is -2.24. The number of aliphatic hydroxyl groups is 2. The normalized spacial score (nSPS) is 17.4. The second-order valence-electron chi connectivity index (χ2n) is 8.47. The van der Waals surface area contributed by atoms with Crippen LogP contribution in [0.3, 0.4) is 0 Å². The van der Waals surface area contributed by atoms with E-state index in [0.717, 1.165) is 10.8 Å². The summed E-state index contributed by atoms with van der Waals surface area (Å²) >= 11 is 6.04. The molecule has 2 heterocycles. The Morgan fingerprint density at radius 3 is 2.56 bits per heavy atom. The lowest BCUT2D eigenvalue weighted by Crippen LogP contribution is -2.34. The average molecular weight is 612 g/mol. The van der Waals surface area contributed by atoms with Crippen LogP contribution in [-0.4, -0.2) is 69.4 Å². The van der Waals surface area contributed by atoms with Gasteiger partial charge in [-0.1, -0.05) is 18.2 Å². The van der Waals surface area contributed by atoms with Crippen molar-refractivity contribution >= 4 is 43.6 Å². The third-order valence-corrected chi connectivity index (χ3v) is 9.12. The summed E-state index contributed by atoms with van der Waals surface area (Å²) in [5, 5.41) is 28.1. The molecule has 3 aromatic rings. The Labute approximate surface area is 225 Å². The van der Waals surface area contributed by atoms with Crippen molar-refractivity contribution in [3.05, 3.63) is 58.8 Å². The third-order valence-electron chi connectivity index (χ3n) is 5.51. The Morgan fingerprint density at radius 2 is 1.95 bits per heavy atom. The molecule has 6 N–H and O–H groups in total. The van der Waals surface area contributed by atoms with E-state index in [0.29, 0.717) is 5.56 Å². The third kappa shape index (κ3) is 8.10. The van der Waals surface area contributed by atoms with Crippen molar-refractivity contribution < 1.29 is 47.3 Å². The molecule has 2 aromatic heterocycles. The minimum absolute atomic E-state index is 0.105. The molecule has 39 heavy (non-hydrogen) atoms. The molecule has 0 fully saturated rings. The molecule has 13 nitrogen and oxygen atoms in total. The molecule has 0 aliphatic carbocycles. The van der Waals surface area contributed by atoms with Crippen molar-refractivity contribution in [3.8, 4) is 0 Å². The van der Waals surface area contributed by atoms with Crippen LogP contribution >= 0.6 is 26.8 Å². The first-order valence-corrected chi connectivity index (χ1v) is 15.1. The van der Waals surface area contributed by atoms with Crippen molar-refractivity contribution in [2.24, 2.45) is 0 Å². The number of anilines is 1. The Balaban J connectivity index is 1.81. The van der Waals surface area contributed by atoms with E-state index in [4.69, 9.17) is 21.4 Å². The average Bonchev–Trinajstić information content (AvgIpc) is 3.25. The monoisotopic (exact) mass is 611 g/mol. The predicted octanol–water partition coefficient (Wildman–Crippen LogP) is 3.27. The highest BCUT2D eigenvalue weighted by Gasteiger charge is 2.35. The molecule has 0 spiro atoms. The van der Waals surface area contributed by atoms with Crippen molar-refractivity contribution in [1.82, 2.24) is 19.7 Å². The maximum atomic E-state index is 15.2. The number of allylic oxidation sites excluding steroid dienone is 1. The number of hydrogen-bond donors (Lipinski definition) is 6. The molecule has 0 bridgehead atoms. The molecule has 0 aliphatic rings. The molecule has 1 unspecified atom stereocenters. The minimum atomic E-state index is -4.90. The van der Waals surface area contributed by atoms with E-state index in [2.05, 4.69) is 24.9 Å². The summed E-state index contributed by atoms with van der Waals surface area (Å²) < 4.78 is 57.1. The van der Waals surface area contributed by atoms with Gasteiger partial charge in [0, 0.05) is 0 Å². The summed E-state index contributed by atoms with van der Waals surface area (Å²) in [6, 6.07) is 5.38. The first-order valence-electron chi connectivity index (χ1n) is 11.2. The fraction of sp³-hybridized carbons (Fsp3) is 0.381. The van der Waals surface area contributed by atoms with Gasteiger partial charge >= 0.3 is 15.2 Å². The lowest BCUT2D eigenvalue weighted by atomic mass is 10.1. The molecular weight excluding hydrogens is 586 g/mol. The van der Waals surface area contributed by atoms with Crippen LogP contribution in [0.2, 0.25) is 5.28 Å². The van der Waals surface area contributed by atoms with Crippen LogP contribution in [0.1, 0.15) is 31.7 Å². The van der Waals surface area contributed by atoms with Crippen LogP contribution in [0.4, 0.5) is 14.6 Å². The van der Waals surface area contributed by atoms with Crippen molar-refractivity contribution in [2.45, 2.75) is 38.4 Å². The highest BCUT2D eigenvalue weighted by Crippen LogP contribution is 2.55. The number of alkyl halides is 1. The number of rotatable bonds is 12. The quantitative estimate of drug-likeness (QED) is 0.0993. The zero-order chi connectivity index (χ0) is 29.1. The van der Waals surface area contributed by atoms with Crippen LogP contribution in [-0.2, 0) is 13.7 Å². The fourth-order valence-electron chi connectivity index (χ4n) is 3.56. The van der Waals surface area contributed by atoms with Gasteiger partial charge in [-0.3, -0.25) is 9.13 Å². The van der Waals surface area contributed by atoms with E-state index in [-0.39, 0.29) is 27.7 Å². The maximum Gasteiger partial charge on any atom is 0.340 e. The van der Waals surface area contributed by atoms with Gasteiger partial charge < -0.3 is 34.7 Å². The molecule has 0 radical (unpaired) electrons. The van der Waals surface area contributed by atoms with Crippen LogP contribution < -0.4 is 5.32 Å². The summed E-state index contributed by atoms with van der Waals surface area (Å²) in [7, 11) is -9.68. The number of nitrogens with zero attached hydrogens (tertiary/aromatic N) is 4. The summed E-state index contributed by atoms with van der Waals surface area (Å²) in [5.74, 6) is -1.75. The Bertz CT molecular complexity index is 1450. The van der Waals surface area contributed by atoms with Gasteiger partial charge in [-0.25, -0.2) is 13.5 Å². The van der Waals surface area contributed by atoms with E-state index in [1.165, 1.54) is 31.3 Å². The zero-order valence-corrected chi connectivity index (χ0v) is 23.0. The topological polar surface area (TPSA) is 200 Å². The number of aromatic nitrogens is 4. The zero-order valence-electron chi connectivity index (χ0n) is 20.5. The SMILES string of the molecule is C/C=C(/COP(=O)(O)CP(=O)(O)O)[C@@H](O)[C@H](F)[C@@H](O)n1ncc2c(N[C@@H](C)c3cccc(F)c3)nc(Cl)nc21. The smallest absolute Gasteiger partial charge is 0.340 e. The van der Waals surface area contributed by atoms with Crippen LogP contribution in [0, 0.1) is 5.82 Å². The van der Waals surface area contributed by atoms with Gasteiger partial charge in [0.05, 0.1) is 24.2 Å². The molecule has 3 rings (SSSR count). The molecule has 214 valence electrons. The predicted molar refractivity (Wildman–Crippen MR) is 137 cm³/mol. The first-order chi connectivity index (χ1) is 18.1. The summed E-state index contributed by atoms with van der Waals surface area (Å²) in [6.07, 6.45) is -4.32. The second kappa shape index (κ2) is 12.5. The molecule has 5 atom stereocenters. The number of aliphatic hydroxyl groups excluding tert-OH is 2. The lowest BCUT2D eigenvalue weighted by molar-refractivity contribution is -0.0413. The van der Waals surface area contributed by atoms with E-state index >= 15 is 4.39 Å². The van der Waals surface area contributed by atoms with E-state index in [9.17, 15) is 28.6 Å². The summed E-state index contributed by atoms with van der Waals surface area (Å²) in [6.45, 7) is 2.22. The van der Waals surface area contributed by atoms with Gasteiger partial charge in [0.2, 0.25) is 5.28 Å². The van der Waals surface area contributed by atoms with Crippen LogP contribution in [0.5, 0.6) is 0 Å². The standard InChI is InChI=1S/C21H26ClF2N5O8P2/c1-3-12(9-37-39(35,36)10-38(32,33)34)17(30)16(24)20(31)29-19-15(8-25-29)18(27-21(22)28-19)26-11(2)13-5-4-6-14(23)7-13/h3-8,11,16-17,20,30-31H,9-10H2,1-2H3,(H,35,36)(H,26,27,28)(H2,32,33,34)/b12-3-/t11-,16-,17+,20+/m0/s1. The molecule has 0 saturated heterocycles. The number of nitrogens with one attached hydrogen (secondary N) is 1. The van der Waals surface area contributed by atoms with Gasteiger partial charge in [-0.05, 0) is 48.7 Å². The second-order valence-corrected chi connectivity index (χ2v) is 12.8. The number of halogens is 3. The molecule has 1 aromatic carbocycles. The van der Waals surface area contributed by atoms with Crippen LogP contribution in [0.25, 0.3) is 11.0 Å². The summed E-state index contributed by atoms with van der Waals surface area (Å²) in [5.41, 5.74) is 0.189. The highest BCUT2D eigenvalue weighted by molar-refractivity contribution is 7.70. The maximum absolute atomic E-state index is 15.2. The van der Waals surface area contributed by atoms with Crippen molar-refractivity contribution in [1.29, 1.82) is 0 Å². The van der Waals surface area contributed by atoms with Gasteiger partial charge in [-0.15, -0.1) is 0 Å². The minimum Gasteiger partial charge on any atom is -0.385 e. The van der Waals surface area contributed by atoms with Gasteiger partial charge in [-0.2, -0.15) is 15.1 Å². The molecular formula is C21H26ClF2N5O8P2. The molecule has 0 amide bonds. The van der Waals surface area contributed by atoms with E-state index in [1.54, 1.807) is 13.0 Å². The summed E-state index contributed by atoms with van der Waals surface area (Å²) in [4.78, 5) is 35.5. The Kier molecular flexibility index (Phi) is 9.97. The van der Waals surface area contributed by atoms with Crippen molar-refractivity contribution in [2.75, 3.05) is 17.8 Å². The molecule has 0 aliphatic heterocycles. The van der Waals surface area contributed by atoms with Crippen molar-refractivity contribution in [3.63, 3.8) is 0 Å². The molecule has 18 heteroatoms. The van der Waals surface area contributed by atoms with E-state index in [1.807, 2.05) is 0 Å². The number of benzene rings is 1. The number of hydrogen-bond acceptors (Lipinski definition) is 9. The van der Waals surface area contributed by atoms with Gasteiger partial charge in [0.25, 0.3) is 0 Å². The number of fused-ring (bicyclic) bond motifs is 1. The fourth-order valence-corrected chi connectivity index (χ4v) is 6.26. The van der Waals surface area contributed by atoms with Crippen LogP contribution in [0.15, 0.2) is 42.1 Å². The largest absolute Gasteiger partial charge is 0.385 e. The first kappa shape index (κ1) is 31.2. The molecule has 0 saturated carbocycles. The Morgan fingerprint density at radius 1 is 1.26 bits per heavy atom. The van der Waals surface area contributed by atoms with E-state index < -0.39 is 58.1 Å². The van der Waals surface area contributed by atoms with Gasteiger partial charge in [0.15, 0.2) is 23.9 Å². The van der Waals surface area contributed by atoms with Gasteiger partial charge in [0.1, 0.15) is 17.7 Å².